The van der Waals surface area contributed by atoms with Crippen molar-refractivity contribution in [2.75, 3.05) is 26.9 Å². The number of imidazole rings is 1. The van der Waals surface area contributed by atoms with Crippen molar-refractivity contribution in [2.45, 2.75) is 19.3 Å². The number of Topliss-reactive ketones (excluding diaryl/α,β-unsaturated/α-hetero) is 1. The number of rotatable bonds is 9. The predicted molar refractivity (Wildman–Crippen MR) is 63.8 cm³/mol. The van der Waals surface area contributed by atoms with Gasteiger partial charge in [0.2, 0.25) is 0 Å². The highest BCUT2D eigenvalue weighted by Crippen LogP contribution is 2.01. The monoisotopic (exact) mass is 240 g/mol. The summed E-state index contributed by atoms with van der Waals surface area (Å²) in [6.45, 7) is 1.59. The van der Waals surface area contributed by atoms with E-state index in [1.54, 1.807) is 13.3 Å². The van der Waals surface area contributed by atoms with Crippen molar-refractivity contribution < 1.29 is 14.3 Å². The maximum Gasteiger partial charge on any atom is 0.135 e. The first-order valence-corrected chi connectivity index (χ1v) is 5.78. The summed E-state index contributed by atoms with van der Waals surface area (Å²) in [5, 5.41) is 0. The number of hydrogen-bond donors (Lipinski definition) is 0. The molecule has 0 aliphatic heterocycles. The molecule has 0 spiro atoms. The third-order valence-corrected chi connectivity index (χ3v) is 2.51. The van der Waals surface area contributed by atoms with Gasteiger partial charge < -0.3 is 14.0 Å². The molecule has 1 heterocycles. The molecule has 96 valence electrons. The summed E-state index contributed by atoms with van der Waals surface area (Å²) in [5.74, 6) is 1.16. The summed E-state index contributed by atoms with van der Waals surface area (Å²) in [7, 11) is 3.56. The number of carbonyl (C=O) groups excluding carboxylic acids is 1. The average Bonchev–Trinajstić information content (AvgIpc) is 2.72. The first-order chi connectivity index (χ1) is 8.24. The standard InChI is InChI=1S/C12H20N2O3/c1-14-7-6-13-12(14)4-3-11(15)5-8-17-10-9-16-2/h6-7H,3-5,8-10H2,1-2H3. The van der Waals surface area contributed by atoms with E-state index >= 15 is 0 Å². The molecule has 0 aliphatic rings. The highest BCUT2D eigenvalue weighted by Gasteiger charge is 2.05. The molecule has 0 N–H and O–H groups in total. The first kappa shape index (κ1) is 13.9. The van der Waals surface area contributed by atoms with Crippen LogP contribution in [0.4, 0.5) is 0 Å². The van der Waals surface area contributed by atoms with E-state index in [1.807, 2.05) is 17.8 Å². The van der Waals surface area contributed by atoms with Crippen LogP contribution in [-0.4, -0.2) is 42.3 Å². The third kappa shape index (κ3) is 5.60. The molecule has 1 aromatic rings. The van der Waals surface area contributed by atoms with Crippen LogP contribution in [0, 0.1) is 0 Å². The van der Waals surface area contributed by atoms with Gasteiger partial charge in [-0.05, 0) is 0 Å². The van der Waals surface area contributed by atoms with Crippen LogP contribution in [0.1, 0.15) is 18.7 Å². The predicted octanol–water partition coefficient (Wildman–Crippen LogP) is 0.975. The van der Waals surface area contributed by atoms with Crippen LogP contribution >= 0.6 is 0 Å². The van der Waals surface area contributed by atoms with Crippen molar-refractivity contribution in [3.8, 4) is 0 Å². The number of methoxy groups -OCH3 is 1. The Morgan fingerprint density at radius 1 is 1.35 bits per heavy atom. The van der Waals surface area contributed by atoms with Gasteiger partial charge in [0.1, 0.15) is 11.6 Å². The molecule has 5 nitrogen and oxygen atoms in total. The lowest BCUT2D eigenvalue weighted by atomic mass is 10.1. The number of nitrogens with zero attached hydrogens (tertiary/aromatic N) is 2. The maximum atomic E-state index is 11.5. The molecule has 0 unspecified atom stereocenters. The molecule has 0 aliphatic carbocycles. The molecule has 0 fully saturated rings. The number of ketones is 1. The zero-order valence-corrected chi connectivity index (χ0v) is 10.5. The third-order valence-electron chi connectivity index (χ3n) is 2.51. The molecule has 0 amide bonds. The number of aromatic nitrogens is 2. The van der Waals surface area contributed by atoms with Crippen LogP contribution in [0.25, 0.3) is 0 Å². The molecule has 0 radical (unpaired) electrons. The van der Waals surface area contributed by atoms with Gasteiger partial charge in [0.25, 0.3) is 0 Å². The first-order valence-electron chi connectivity index (χ1n) is 5.78. The summed E-state index contributed by atoms with van der Waals surface area (Å²) in [6.07, 6.45) is 5.31. The molecule has 0 saturated carbocycles. The zero-order valence-electron chi connectivity index (χ0n) is 10.5. The van der Waals surface area contributed by atoms with Crippen molar-refractivity contribution in [1.82, 2.24) is 9.55 Å². The highest BCUT2D eigenvalue weighted by atomic mass is 16.5. The molecule has 1 aromatic heterocycles. The van der Waals surface area contributed by atoms with Gasteiger partial charge in [-0.1, -0.05) is 0 Å². The minimum atomic E-state index is 0.213. The van der Waals surface area contributed by atoms with Crippen molar-refractivity contribution >= 4 is 5.78 Å². The molecule has 0 bridgehead atoms. The summed E-state index contributed by atoms with van der Waals surface area (Å²) in [5.41, 5.74) is 0. The Kier molecular flexibility index (Phi) is 6.50. The van der Waals surface area contributed by atoms with Crippen molar-refractivity contribution in [2.24, 2.45) is 7.05 Å². The van der Waals surface area contributed by atoms with Crippen LogP contribution in [-0.2, 0) is 27.7 Å². The second kappa shape index (κ2) is 7.97. The van der Waals surface area contributed by atoms with E-state index in [9.17, 15) is 4.79 Å². The Morgan fingerprint density at radius 3 is 2.82 bits per heavy atom. The van der Waals surface area contributed by atoms with Crippen molar-refractivity contribution in [1.29, 1.82) is 0 Å². The summed E-state index contributed by atoms with van der Waals surface area (Å²) in [4.78, 5) is 15.7. The molecule has 17 heavy (non-hydrogen) atoms. The lowest BCUT2D eigenvalue weighted by molar-refractivity contribution is -0.120. The van der Waals surface area contributed by atoms with E-state index in [0.29, 0.717) is 39.1 Å². The van der Waals surface area contributed by atoms with Crippen molar-refractivity contribution in [3.63, 3.8) is 0 Å². The smallest absolute Gasteiger partial charge is 0.135 e. The van der Waals surface area contributed by atoms with E-state index < -0.39 is 0 Å². The van der Waals surface area contributed by atoms with E-state index in [1.165, 1.54) is 0 Å². The van der Waals surface area contributed by atoms with E-state index in [0.717, 1.165) is 5.82 Å². The number of ether oxygens (including phenoxy) is 2. The zero-order chi connectivity index (χ0) is 12.5. The molecule has 0 saturated heterocycles. The maximum absolute atomic E-state index is 11.5. The second-order valence-corrected chi connectivity index (χ2v) is 3.85. The van der Waals surface area contributed by atoms with Gasteiger partial charge in [-0.25, -0.2) is 4.98 Å². The van der Waals surface area contributed by atoms with Gasteiger partial charge in [0.15, 0.2) is 0 Å². The minimum Gasteiger partial charge on any atom is -0.382 e. The van der Waals surface area contributed by atoms with Crippen LogP contribution in [0.3, 0.4) is 0 Å². The van der Waals surface area contributed by atoms with Gasteiger partial charge in [0.05, 0.1) is 19.8 Å². The van der Waals surface area contributed by atoms with E-state index in [-0.39, 0.29) is 5.78 Å². The average molecular weight is 240 g/mol. The molecular formula is C12H20N2O3. The van der Waals surface area contributed by atoms with Gasteiger partial charge >= 0.3 is 0 Å². The van der Waals surface area contributed by atoms with Crippen molar-refractivity contribution in [3.05, 3.63) is 18.2 Å². The topological polar surface area (TPSA) is 53.4 Å². The summed E-state index contributed by atoms with van der Waals surface area (Å²) >= 11 is 0. The van der Waals surface area contributed by atoms with Gasteiger partial charge in [-0.2, -0.15) is 0 Å². The Balaban J connectivity index is 2.07. The van der Waals surface area contributed by atoms with Crippen LogP contribution in [0.15, 0.2) is 12.4 Å². The quantitative estimate of drug-likeness (QED) is 0.604. The summed E-state index contributed by atoms with van der Waals surface area (Å²) in [6, 6.07) is 0. The second-order valence-electron chi connectivity index (χ2n) is 3.85. The lowest BCUT2D eigenvalue weighted by Crippen LogP contribution is -2.09. The number of carbonyl (C=O) groups is 1. The minimum absolute atomic E-state index is 0.213. The molecule has 1 rings (SSSR count). The number of hydrogen-bond acceptors (Lipinski definition) is 4. The van der Waals surface area contributed by atoms with Gasteiger partial charge in [-0.3, -0.25) is 4.79 Å². The summed E-state index contributed by atoms with van der Waals surface area (Å²) < 4.78 is 12.0. The highest BCUT2D eigenvalue weighted by molar-refractivity contribution is 5.78. The Bertz CT molecular complexity index is 336. The largest absolute Gasteiger partial charge is 0.382 e. The number of aryl methyl sites for hydroxylation is 2. The Hall–Kier alpha value is -1.20. The van der Waals surface area contributed by atoms with E-state index in [2.05, 4.69) is 4.98 Å². The fourth-order valence-electron chi connectivity index (χ4n) is 1.44. The van der Waals surface area contributed by atoms with Crippen LogP contribution in [0.5, 0.6) is 0 Å². The normalized spacial score (nSPS) is 10.7. The SMILES string of the molecule is COCCOCCC(=O)CCc1nccn1C. The van der Waals surface area contributed by atoms with Crippen LogP contribution in [0.2, 0.25) is 0 Å². The molecule has 0 aromatic carbocycles. The lowest BCUT2D eigenvalue weighted by Gasteiger charge is -2.03. The molecule has 5 heteroatoms. The Morgan fingerprint density at radius 2 is 2.18 bits per heavy atom. The van der Waals surface area contributed by atoms with E-state index in [4.69, 9.17) is 9.47 Å². The fourth-order valence-corrected chi connectivity index (χ4v) is 1.44. The molecular weight excluding hydrogens is 220 g/mol. The fraction of sp³-hybridized carbons (Fsp3) is 0.667. The Labute approximate surface area is 102 Å². The molecule has 0 atom stereocenters. The van der Waals surface area contributed by atoms with Gasteiger partial charge in [-0.15, -0.1) is 0 Å². The van der Waals surface area contributed by atoms with Gasteiger partial charge in [0, 0.05) is 45.8 Å². The van der Waals surface area contributed by atoms with Crippen LogP contribution < -0.4 is 0 Å².